The fraction of sp³-hybridized carbons (Fsp3) is 0.417. The zero-order chi connectivity index (χ0) is 12.6. The normalized spacial score (nSPS) is 22.8. The molecule has 1 N–H and O–H groups in total. The number of cyclic esters (lactones) is 1. The van der Waals surface area contributed by atoms with Crippen molar-refractivity contribution in [2.24, 2.45) is 5.41 Å². The standard InChI is InChI=1S/C12H13Cl2NO2/c1-12(2)6-17-11(16)15-10(12)8-4-3-7(13)5-9(8)14/h3-5,10H,6H2,1-2H3,(H,15,16)/t10-/m1/s1. The predicted molar refractivity (Wildman–Crippen MR) is 67.5 cm³/mol. The summed E-state index contributed by atoms with van der Waals surface area (Å²) < 4.78 is 4.99. The Morgan fingerprint density at radius 3 is 2.76 bits per heavy atom. The molecule has 1 heterocycles. The third-order valence-corrected chi connectivity index (χ3v) is 3.45. The third kappa shape index (κ3) is 2.50. The van der Waals surface area contributed by atoms with Crippen molar-refractivity contribution in [3.8, 4) is 0 Å². The minimum atomic E-state index is -0.416. The summed E-state index contributed by atoms with van der Waals surface area (Å²) in [5, 5.41) is 3.93. The Balaban J connectivity index is 2.39. The van der Waals surface area contributed by atoms with E-state index in [1.54, 1.807) is 12.1 Å². The first-order valence-electron chi connectivity index (χ1n) is 5.28. The van der Waals surface area contributed by atoms with Gasteiger partial charge in [-0.05, 0) is 17.7 Å². The van der Waals surface area contributed by atoms with Gasteiger partial charge in [0.15, 0.2) is 0 Å². The van der Waals surface area contributed by atoms with Crippen LogP contribution in [0.3, 0.4) is 0 Å². The van der Waals surface area contributed by atoms with Crippen LogP contribution in [-0.4, -0.2) is 12.7 Å². The number of rotatable bonds is 1. The highest BCUT2D eigenvalue weighted by Crippen LogP contribution is 2.39. The van der Waals surface area contributed by atoms with E-state index >= 15 is 0 Å². The van der Waals surface area contributed by atoms with Crippen LogP contribution in [0.5, 0.6) is 0 Å². The number of nitrogens with one attached hydrogen (secondary N) is 1. The molecule has 0 saturated carbocycles. The number of halogens is 2. The minimum Gasteiger partial charge on any atom is -0.449 e. The zero-order valence-corrected chi connectivity index (χ0v) is 11.1. The Kier molecular flexibility index (Phi) is 3.23. The lowest BCUT2D eigenvalue weighted by molar-refractivity contribution is 0.0388. The summed E-state index contributed by atoms with van der Waals surface area (Å²) in [5.74, 6) is 0. The van der Waals surface area contributed by atoms with Crippen LogP contribution in [0.25, 0.3) is 0 Å². The predicted octanol–water partition coefficient (Wildman–Crippen LogP) is 3.80. The highest BCUT2D eigenvalue weighted by molar-refractivity contribution is 6.35. The molecule has 5 heteroatoms. The van der Waals surface area contributed by atoms with Gasteiger partial charge >= 0.3 is 6.09 Å². The van der Waals surface area contributed by atoms with Gasteiger partial charge in [-0.1, -0.05) is 43.1 Å². The maximum atomic E-state index is 11.3. The molecule has 0 aliphatic carbocycles. The molecule has 3 nitrogen and oxygen atoms in total. The molecule has 1 saturated heterocycles. The monoisotopic (exact) mass is 273 g/mol. The van der Waals surface area contributed by atoms with Crippen LogP contribution in [0.2, 0.25) is 10.0 Å². The Morgan fingerprint density at radius 1 is 1.41 bits per heavy atom. The van der Waals surface area contributed by atoms with Crippen LogP contribution >= 0.6 is 23.2 Å². The fourth-order valence-corrected chi connectivity index (χ4v) is 2.44. The first kappa shape index (κ1) is 12.5. The molecule has 92 valence electrons. The Bertz CT molecular complexity index is 460. The first-order chi connectivity index (χ1) is 7.90. The number of carbonyl (C=O) groups excluding carboxylic acids is 1. The molecule has 1 fully saturated rings. The fourth-order valence-electron chi connectivity index (χ4n) is 1.92. The van der Waals surface area contributed by atoms with Crippen molar-refractivity contribution in [3.63, 3.8) is 0 Å². The second-order valence-electron chi connectivity index (χ2n) is 4.81. The first-order valence-corrected chi connectivity index (χ1v) is 6.04. The van der Waals surface area contributed by atoms with E-state index in [1.807, 2.05) is 19.9 Å². The molecule has 1 amide bonds. The van der Waals surface area contributed by atoms with Crippen molar-refractivity contribution in [2.45, 2.75) is 19.9 Å². The van der Waals surface area contributed by atoms with E-state index in [0.717, 1.165) is 5.56 Å². The second kappa shape index (κ2) is 4.39. The van der Waals surface area contributed by atoms with E-state index < -0.39 is 6.09 Å². The van der Waals surface area contributed by atoms with Gasteiger partial charge in [0.25, 0.3) is 0 Å². The molecule has 2 rings (SSSR count). The summed E-state index contributed by atoms with van der Waals surface area (Å²) in [5.41, 5.74) is 0.642. The summed E-state index contributed by atoms with van der Waals surface area (Å²) in [4.78, 5) is 11.3. The van der Waals surface area contributed by atoms with Crippen molar-refractivity contribution in [1.82, 2.24) is 5.32 Å². The molecule has 0 unspecified atom stereocenters. The van der Waals surface area contributed by atoms with Gasteiger partial charge in [0, 0.05) is 15.5 Å². The number of benzene rings is 1. The summed E-state index contributed by atoms with van der Waals surface area (Å²) >= 11 is 12.0. The topological polar surface area (TPSA) is 38.3 Å². The van der Waals surface area contributed by atoms with Gasteiger partial charge in [0.1, 0.15) is 6.61 Å². The van der Waals surface area contributed by atoms with E-state index in [4.69, 9.17) is 27.9 Å². The number of carbonyl (C=O) groups is 1. The molecule has 1 aromatic rings. The van der Waals surface area contributed by atoms with E-state index in [9.17, 15) is 4.79 Å². The van der Waals surface area contributed by atoms with Crippen LogP contribution in [0, 0.1) is 5.41 Å². The van der Waals surface area contributed by atoms with Gasteiger partial charge in [0.2, 0.25) is 0 Å². The molecule has 0 spiro atoms. The number of hydrogen-bond acceptors (Lipinski definition) is 2. The number of hydrogen-bond donors (Lipinski definition) is 1. The van der Waals surface area contributed by atoms with Gasteiger partial charge in [-0.3, -0.25) is 0 Å². The molecule has 0 bridgehead atoms. The van der Waals surface area contributed by atoms with Crippen molar-refractivity contribution < 1.29 is 9.53 Å². The van der Waals surface area contributed by atoms with Crippen molar-refractivity contribution in [2.75, 3.05) is 6.61 Å². The van der Waals surface area contributed by atoms with Crippen LogP contribution in [-0.2, 0) is 4.74 Å². The largest absolute Gasteiger partial charge is 0.449 e. The van der Waals surface area contributed by atoms with E-state index in [1.165, 1.54) is 0 Å². The van der Waals surface area contributed by atoms with Crippen molar-refractivity contribution in [1.29, 1.82) is 0 Å². The second-order valence-corrected chi connectivity index (χ2v) is 5.65. The lowest BCUT2D eigenvalue weighted by Crippen LogP contribution is -2.47. The van der Waals surface area contributed by atoms with Gasteiger partial charge in [-0.15, -0.1) is 0 Å². The molecular weight excluding hydrogens is 261 g/mol. The molecule has 1 aliphatic heterocycles. The molecule has 0 radical (unpaired) electrons. The van der Waals surface area contributed by atoms with Crippen molar-refractivity contribution in [3.05, 3.63) is 33.8 Å². The summed E-state index contributed by atoms with van der Waals surface area (Å²) in [6, 6.07) is 5.10. The summed E-state index contributed by atoms with van der Waals surface area (Å²) in [7, 11) is 0. The SMILES string of the molecule is CC1(C)COC(=O)N[C@@H]1c1ccc(Cl)cc1Cl. The highest BCUT2D eigenvalue weighted by atomic mass is 35.5. The quantitative estimate of drug-likeness (QED) is 0.845. The van der Waals surface area contributed by atoms with Gasteiger partial charge < -0.3 is 10.1 Å². The third-order valence-electron chi connectivity index (χ3n) is 2.89. The van der Waals surface area contributed by atoms with Gasteiger partial charge in [0.05, 0.1) is 6.04 Å². The minimum absolute atomic E-state index is 0.173. The van der Waals surface area contributed by atoms with E-state index in [2.05, 4.69) is 5.32 Å². The van der Waals surface area contributed by atoms with Gasteiger partial charge in [-0.25, -0.2) is 4.79 Å². The van der Waals surface area contributed by atoms with Crippen LogP contribution < -0.4 is 5.32 Å². The lowest BCUT2D eigenvalue weighted by atomic mass is 9.80. The van der Waals surface area contributed by atoms with Crippen LogP contribution in [0.1, 0.15) is 25.5 Å². The molecule has 1 atom stereocenters. The Morgan fingerprint density at radius 2 is 2.12 bits per heavy atom. The average molecular weight is 274 g/mol. The molecule has 1 aliphatic rings. The summed E-state index contributed by atoms with van der Waals surface area (Å²) in [6.07, 6.45) is -0.416. The maximum Gasteiger partial charge on any atom is 0.407 e. The number of amides is 1. The molecule has 0 aromatic heterocycles. The number of ether oxygens (including phenoxy) is 1. The summed E-state index contributed by atoms with van der Waals surface area (Å²) in [6.45, 7) is 4.40. The lowest BCUT2D eigenvalue weighted by Gasteiger charge is -2.38. The Labute approximate surface area is 110 Å². The average Bonchev–Trinajstić information content (AvgIpc) is 2.23. The smallest absolute Gasteiger partial charge is 0.407 e. The molecular formula is C12H13Cl2NO2. The highest BCUT2D eigenvalue weighted by Gasteiger charge is 2.38. The van der Waals surface area contributed by atoms with Crippen LogP contribution in [0.4, 0.5) is 4.79 Å². The van der Waals surface area contributed by atoms with Gasteiger partial charge in [-0.2, -0.15) is 0 Å². The van der Waals surface area contributed by atoms with E-state index in [-0.39, 0.29) is 11.5 Å². The zero-order valence-electron chi connectivity index (χ0n) is 9.59. The number of alkyl carbamates (subject to hydrolysis) is 1. The van der Waals surface area contributed by atoms with Crippen molar-refractivity contribution >= 4 is 29.3 Å². The Hall–Kier alpha value is -0.930. The van der Waals surface area contributed by atoms with E-state index in [0.29, 0.717) is 16.7 Å². The molecule has 17 heavy (non-hydrogen) atoms. The van der Waals surface area contributed by atoms with Crippen LogP contribution in [0.15, 0.2) is 18.2 Å². The molecule has 1 aromatic carbocycles. The maximum absolute atomic E-state index is 11.3.